The van der Waals surface area contributed by atoms with Crippen molar-refractivity contribution >= 4 is 28.7 Å². The maximum Gasteiger partial charge on any atom is 0.573 e. The monoisotopic (exact) mass is 476 g/mol. The van der Waals surface area contributed by atoms with Gasteiger partial charge in [0.05, 0.1) is 6.04 Å². The first kappa shape index (κ1) is 22.0. The summed E-state index contributed by atoms with van der Waals surface area (Å²) in [5, 5.41) is 11.0. The lowest BCUT2D eigenvalue weighted by Gasteiger charge is -2.32. The van der Waals surface area contributed by atoms with Crippen molar-refractivity contribution in [2.24, 2.45) is 0 Å². The van der Waals surface area contributed by atoms with Gasteiger partial charge in [-0.1, -0.05) is 6.07 Å². The normalized spacial score (nSPS) is 18.6. The summed E-state index contributed by atoms with van der Waals surface area (Å²) in [6, 6.07) is 6.46. The number of nitrogens with zero attached hydrogens (tertiary/aromatic N) is 2. The van der Waals surface area contributed by atoms with E-state index in [1.54, 1.807) is 17.5 Å². The average molecular weight is 476 g/mol. The molecule has 1 aliphatic heterocycles. The van der Waals surface area contributed by atoms with Gasteiger partial charge in [-0.2, -0.15) is 18.3 Å². The Morgan fingerprint density at radius 3 is 2.47 bits per heavy atom. The van der Waals surface area contributed by atoms with Crippen molar-refractivity contribution in [3.63, 3.8) is 0 Å². The predicted octanol–water partition coefficient (Wildman–Crippen LogP) is 5.76. The van der Waals surface area contributed by atoms with Gasteiger partial charge in [-0.3, -0.25) is 4.79 Å². The molecule has 0 unspecified atom stereocenters. The van der Waals surface area contributed by atoms with Crippen LogP contribution in [0.4, 0.5) is 37.8 Å². The van der Waals surface area contributed by atoms with Crippen LogP contribution in [-0.4, -0.2) is 28.2 Å². The smallest absolute Gasteiger partial charge is 0.406 e. The molecule has 0 bridgehead atoms. The first-order chi connectivity index (χ1) is 15.0. The molecule has 3 aromatic rings. The van der Waals surface area contributed by atoms with Gasteiger partial charge in [0.1, 0.15) is 11.6 Å². The van der Waals surface area contributed by atoms with Crippen LogP contribution in [0, 0.1) is 0 Å². The predicted molar refractivity (Wildman–Crippen MR) is 104 cm³/mol. The lowest BCUT2D eigenvalue weighted by Crippen LogP contribution is -2.35. The molecule has 13 heteroatoms. The number of alkyl halides is 6. The molecule has 2 aromatic heterocycles. The summed E-state index contributed by atoms with van der Waals surface area (Å²) in [5.74, 6) is -1.26. The van der Waals surface area contributed by atoms with E-state index in [0.29, 0.717) is 0 Å². The summed E-state index contributed by atoms with van der Waals surface area (Å²) in [6.07, 6.45) is -9.73. The number of halogens is 6. The molecule has 2 N–H and O–H groups in total. The first-order valence-corrected chi connectivity index (χ1v) is 10.0. The van der Waals surface area contributed by atoms with Crippen LogP contribution < -0.4 is 15.4 Å². The maximum atomic E-state index is 13.7. The second-order valence-corrected chi connectivity index (χ2v) is 7.87. The number of rotatable bonds is 4. The van der Waals surface area contributed by atoms with E-state index in [0.717, 1.165) is 21.7 Å². The summed E-state index contributed by atoms with van der Waals surface area (Å²) in [4.78, 5) is 13.2. The van der Waals surface area contributed by atoms with E-state index in [1.165, 1.54) is 29.5 Å². The number of ether oxygens (including phenoxy) is 1. The molecular formula is C19H14F6N4O2S. The van der Waals surface area contributed by atoms with Crippen LogP contribution in [0.2, 0.25) is 0 Å². The van der Waals surface area contributed by atoms with E-state index in [-0.39, 0.29) is 23.6 Å². The van der Waals surface area contributed by atoms with Crippen LogP contribution >= 0.6 is 11.3 Å². The highest BCUT2D eigenvalue weighted by Crippen LogP contribution is 2.44. The van der Waals surface area contributed by atoms with Gasteiger partial charge in [-0.25, -0.2) is 4.68 Å². The highest BCUT2D eigenvalue weighted by molar-refractivity contribution is 7.10. The number of aromatic nitrogens is 2. The third-order valence-corrected chi connectivity index (χ3v) is 5.64. The second kappa shape index (κ2) is 8.04. The Morgan fingerprint density at radius 2 is 1.88 bits per heavy atom. The van der Waals surface area contributed by atoms with Gasteiger partial charge in [0.15, 0.2) is 11.7 Å². The molecule has 32 heavy (non-hydrogen) atoms. The number of hydrogen-bond acceptors (Lipinski definition) is 5. The van der Waals surface area contributed by atoms with Gasteiger partial charge in [-0.05, 0) is 35.7 Å². The fourth-order valence-corrected chi connectivity index (χ4v) is 4.09. The molecule has 0 saturated heterocycles. The highest BCUT2D eigenvalue weighted by atomic mass is 32.1. The molecule has 1 aliphatic rings. The van der Waals surface area contributed by atoms with Gasteiger partial charge < -0.3 is 15.4 Å². The lowest BCUT2D eigenvalue weighted by atomic mass is 10.0. The molecule has 6 nitrogen and oxygen atoms in total. The molecule has 0 fully saturated rings. The molecule has 4 rings (SSSR count). The Balaban J connectivity index is 1.54. The van der Waals surface area contributed by atoms with Crippen LogP contribution in [-0.2, 0) is 0 Å². The SMILES string of the molecule is O=C(Nc1ccc(OC(F)(F)F)cc1)c1cc2n(n1)[C@@H](C(F)(F)F)C[C@H](c1cccs1)N2. The van der Waals surface area contributed by atoms with Crippen LogP contribution in [0.5, 0.6) is 5.75 Å². The Hall–Kier alpha value is -3.22. The lowest BCUT2D eigenvalue weighted by molar-refractivity contribution is -0.274. The molecule has 0 radical (unpaired) electrons. The number of fused-ring (bicyclic) bond motifs is 1. The average Bonchev–Trinajstić information content (AvgIpc) is 3.36. The minimum Gasteiger partial charge on any atom is -0.406 e. The number of nitrogens with one attached hydrogen (secondary N) is 2. The van der Waals surface area contributed by atoms with Crippen LogP contribution in [0.15, 0.2) is 47.8 Å². The standard InChI is InChI=1S/C19H14F6N4O2S/c20-18(21,22)15-8-12(14-2-1-7-32-14)27-16-9-13(28-29(15)16)17(30)26-10-3-5-11(6-4-10)31-19(23,24)25/h1-7,9,12,15,27H,8H2,(H,26,30)/t12-,15-/m1/s1. The summed E-state index contributed by atoms with van der Waals surface area (Å²) in [7, 11) is 0. The Bertz CT molecular complexity index is 1090. The van der Waals surface area contributed by atoms with Crippen LogP contribution in [0.1, 0.15) is 33.9 Å². The Morgan fingerprint density at radius 1 is 1.16 bits per heavy atom. The van der Waals surface area contributed by atoms with Crippen molar-refractivity contribution in [1.29, 1.82) is 0 Å². The van der Waals surface area contributed by atoms with Gasteiger partial charge in [0, 0.05) is 23.1 Å². The number of benzene rings is 1. The van der Waals surface area contributed by atoms with Crippen LogP contribution in [0.25, 0.3) is 0 Å². The number of carbonyl (C=O) groups is 1. The number of hydrogen-bond donors (Lipinski definition) is 2. The molecule has 3 heterocycles. The number of thiophene rings is 1. The van der Waals surface area contributed by atoms with Crippen molar-refractivity contribution in [3.05, 3.63) is 58.4 Å². The number of carbonyl (C=O) groups excluding carboxylic acids is 1. The second-order valence-electron chi connectivity index (χ2n) is 6.89. The summed E-state index contributed by atoms with van der Waals surface area (Å²) in [6.45, 7) is 0. The fourth-order valence-electron chi connectivity index (χ4n) is 3.30. The molecule has 0 aliphatic carbocycles. The largest absolute Gasteiger partial charge is 0.573 e. The minimum atomic E-state index is -4.86. The number of anilines is 2. The maximum absolute atomic E-state index is 13.7. The van der Waals surface area contributed by atoms with Crippen molar-refractivity contribution < 1.29 is 35.9 Å². The quantitative estimate of drug-likeness (QED) is 0.470. The Kier molecular flexibility index (Phi) is 5.53. The van der Waals surface area contributed by atoms with Crippen molar-refractivity contribution in [2.45, 2.75) is 31.0 Å². The molecule has 2 atom stereocenters. The summed E-state index contributed by atoms with van der Waals surface area (Å²) < 4.78 is 82.2. The zero-order valence-corrected chi connectivity index (χ0v) is 16.7. The third kappa shape index (κ3) is 4.82. The van der Waals surface area contributed by atoms with E-state index < -0.39 is 36.3 Å². The molecule has 0 saturated carbocycles. The zero-order valence-electron chi connectivity index (χ0n) is 15.9. The number of amides is 1. The molecule has 1 amide bonds. The summed E-state index contributed by atoms with van der Waals surface area (Å²) in [5.41, 5.74) is -0.156. The van der Waals surface area contributed by atoms with Gasteiger partial charge >= 0.3 is 12.5 Å². The molecular weight excluding hydrogens is 462 g/mol. The van der Waals surface area contributed by atoms with Crippen molar-refractivity contribution in [2.75, 3.05) is 10.6 Å². The molecule has 1 aromatic carbocycles. The van der Waals surface area contributed by atoms with Gasteiger partial charge in [-0.15, -0.1) is 24.5 Å². The summed E-state index contributed by atoms with van der Waals surface area (Å²) >= 11 is 1.32. The van der Waals surface area contributed by atoms with E-state index in [2.05, 4.69) is 20.5 Å². The first-order valence-electron chi connectivity index (χ1n) is 9.13. The minimum absolute atomic E-state index is 0.0380. The van der Waals surface area contributed by atoms with Gasteiger partial charge in [0.2, 0.25) is 0 Å². The van der Waals surface area contributed by atoms with E-state index in [4.69, 9.17) is 0 Å². The Labute approximate surface area is 180 Å². The van der Waals surface area contributed by atoms with E-state index in [1.807, 2.05) is 0 Å². The van der Waals surface area contributed by atoms with E-state index in [9.17, 15) is 31.1 Å². The third-order valence-electron chi connectivity index (χ3n) is 4.65. The molecule has 170 valence electrons. The van der Waals surface area contributed by atoms with E-state index >= 15 is 0 Å². The molecule has 0 spiro atoms. The fraction of sp³-hybridized carbons (Fsp3) is 0.263. The van der Waals surface area contributed by atoms with Crippen molar-refractivity contribution in [3.8, 4) is 5.75 Å². The van der Waals surface area contributed by atoms with Crippen LogP contribution in [0.3, 0.4) is 0 Å². The topological polar surface area (TPSA) is 68.2 Å². The van der Waals surface area contributed by atoms with Crippen molar-refractivity contribution in [1.82, 2.24) is 9.78 Å². The highest BCUT2D eigenvalue weighted by Gasteiger charge is 2.47. The van der Waals surface area contributed by atoms with Gasteiger partial charge in [0.25, 0.3) is 5.91 Å². The zero-order chi connectivity index (χ0) is 23.1.